The summed E-state index contributed by atoms with van der Waals surface area (Å²) in [5.41, 5.74) is 1.16. The topological polar surface area (TPSA) is 67.4 Å². The Kier molecular flexibility index (Phi) is 6.66. The smallest absolute Gasteiger partial charge is 0.338 e. The second-order valence-corrected chi connectivity index (χ2v) is 4.46. The number of rotatable bonds is 5. The van der Waals surface area contributed by atoms with Crippen LogP contribution in [0.3, 0.4) is 0 Å². The van der Waals surface area contributed by atoms with Crippen LogP contribution in [-0.2, 0) is 9.53 Å². The Bertz CT molecular complexity index is 486. The number of hydrogen-bond acceptors (Lipinski definition) is 4. The lowest BCUT2D eigenvalue weighted by Gasteiger charge is -2.09. The van der Waals surface area contributed by atoms with Crippen LogP contribution in [0.2, 0.25) is 0 Å². The van der Waals surface area contributed by atoms with Crippen LogP contribution in [0.4, 0.5) is 5.69 Å². The van der Waals surface area contributed by atoms with E-state index in [2.05, 4.69) is 10.6 Å². The van der Waals surface area contributed by atoms with Crippen LogP contribution >= 0.6 is 12.2 Å². The predicted octanol–water partition coefficient (Wildman–Crippen LogP) is 2.48. The summed E-state index contributed by atoms with van der Waals surface area (Å²) in [4.78, 5) is 22.8. The van der Waals surface area contributed by atoms with Gasteiger partial charge >= 0.3 is 5.97 Å². The predicted molar refractivity (Wildman–Crippen MR) is 81.7 cm³/mol. The number of benzene rings is 1. The minimum atomic E-state index is -0.363. The molecule has 1 rings (SSSR count). The van der Waals surface area contributed by atoms with Crippen LogP contribution in [0.15, 0.2) is 24.3 Å². The summed E-state index contributed by atoms with van der Waals surface area (Å²) in [7, 11) is 0. The molecule has 0 fully saturated rings. The van der Waals surface area contributed by atoms with Crippen molar-refractivity contribution in [1.29, 1.82) is 0 Å². The minimum absolute atomic E-state index is 0.117. The van der Waals surface area contributed by atoms with Crippen LogP contribution in [-0.4, -0.2) is 23.6 Å². The molecule has 6 heteroatoms. The van der Waals surface area contributed by atoms with E-state index >= 15 is 0 Å². The van der Waals surface area contributed by atoms with Crippen LogP contribution < -0.4 is 10.6 Å². The summed E-state index contributed by atoms with van der Waals surface area (Å²) in [6.07, 6.45) is 1.20. The molecule has 0 heterocycles. The van der Waals surface area contributed by atoms with E-state index in [-0.39, 0.29) is 17.0 Å². The summed E-state index contributed by atoms with van der Waals surface area (Å²) in [6.45, 7) is 4.02. The van der Waals surface area contributed by atoms with Crippen LogP contribution in [0.1, 0.15) is 37.0 Å². The lowest BCUT2D eigenvalue weighted by Crippen LogP contribution is -2.33. The standard InChI is InChI=1S/C14H18N2O3S/c1-3-5-12(17)16-14(20)15-11-8-6-10(7-9-11)13(18)19-4-2/h6-9H,3-5H2,1-2H3,(H2,15,16,17,20). The first-order chi connectivity index (χ1) is 9.56. The summed E-state index contributed by atoms with van der Waals surface area (Å²) in [5, 5.41) is 5.70. The van der Waals surface area contributed by atoms with E-state index < -0.39 is 0 Å². The van der Waals surface area contributed by atoms with Crippen molar-refractivity contribution in [2.24, 2.45) is 0 Å². The quantitative estimate of drug-likeness (QED) is 0.645. The van der Waals surface area contributed by atoms with E-state index in [0.29, 0.717) is 24.3 Å². The van der Waals surface area contributed by atoms with Gasteiger partial charge in [0, 0.05) is 12.1 Å². The van der Waals surface area contributed by atoms with Gasteiger partial charge in [-0.2, -0.15) is 0 Å². The highest BCUT2D eigenvalue weighted by Crippen LogP contribution is 2.10. The molecule has 20 heavy (non-hydrogen) atoms. The zero-order valence-electron chi connectivity index (χ0n) is 11.6. The van der Waals surface area contributed by atoms with Crippen molar-refractivity contribution < 1.29 is 14.3 Å². The molecule has 0 saturated heterocycles. The first-order valence-electron chi connectivity index (χ1n) is 6.44. The van der Waals surface area contributed by atoms with Gasteiger partial charge in [0.05, 0.1) is 12.2 Å². The molecule has 0 atom stereocenters. The summed E-state index contributed by atoms with van der Waals surface area (Å²) >= 11 is 5.02. The number of carbonyl (C=O) groups is 2. The first-order valence-corrected chi connectivity index (χ1v) is 6.85. The molecule has 0 unspecified atom stereocenters. The molecule has 0 aromatic heterocycles. The number of thiocarbonyl (C=S) groups is 1. The molecular weight excluding hydrogens is 276 g/mol. The normalized spacial score (nSPS) is 9.70. The van der Waals surface area contributed by atoms with Crippen LogP contribution in [0.5, 0.6) is 0 Å². The molecule has 1 amide bonds. The van der Waals surface area contributed by atoms with Crippen molar-refractivity contribution in [2.75, 3.05) is 11.9 Å². The number of esters is 1. The second-order valence-electron chi connectivity index (χ2n) is 4.05. The largest absolute Gasteiger partial charge is 0.462 e. The molecule has 0 aliphatic carbocycles. The summed E-state index contributed by atoms with van der Waals surface area (Å²) in [6, 6.07) is 6.67. The van der Waals surface area contributed by atoms with Gasteiger partial charge in [-0.3, -0.25) is 4.79 Å². The molecule has 5 nitrogen and oxygen atoms in total. The van der Waals surface area contributed by atoms with Gasteiger partial charge in [-0.15, -0.1) is 0 Å². The van der Waals surface area contributed by atoms with E-state index in [1.165, 1.54) is 0 Å². The van der Waals surface area contributed by atoms with E-state index in [9.17, 15) is 9.59 Å². The molecule has 0 saturated carbocycles. The van der Waals surface area contributed by atoms with Crippen LogP contribution in [0.25, 0.3) is 0 Å². The number of anilines is 1. The van der Waals surface area contributed by atoms with Gasteiger partial charge in [-0.05, 0) is 49.8 Å². The van der Waals surface area contributed by atoms with E-state index in [1.807, 2.05) is 6.92 Å². The Balaban J connectivity index is 2.55. The molecule has 1 aromatic rings. The lowest BCUT2D eigenvalue weighted by molar-refractivity contribution is -0.119. The van der Waals surface area contributed by atoms with Crippen molar-refractivity contribution in [2.45, 2.75) is 26.7 Å². The highest BCUT2D eigenvalue weighted by atomic mass is 32.1. The van der Waals surface area contributed by atoms with E-state index in [0.717, 1.165) is 6.42 Å². The second kappa shape index (κ2) is 8.27. The molecule has 108 valence electrons. The number of carbonyl (C=O) groups excluding carboxylic acids is 2. The van der Waals surface area contributed by atoms with Crippen molar-refractivity contribution in [3.63, 3.8) is 0 Å². The monoisotopic (exact) mass is 294 g/mol. The van der Waals surface area contributed by atoms with Gasteiger partial charge in [0.15, 0.2) is 5.11 Å². The molecule has 1 aromatic carbocycles. The molecule has 0 bridgehead atoms. The maximum Gasteiger partial charge on any atom is 0.338 e. The highest BCUT2D eigenvalue weighted by molar-refractivity contribution is 7.80. The van der Waals surface area contributed by atoms with E-state index in [4.69, 9.17) is 17.0 Å². The van der Waals surface area contributed by atoms with Crippen molar-refractivity contribution in [3.8, 4) is 0 Å². The first kappa shape index (κ1) is 16.1. The van der Waals surface area contributed by atoms with Crippen molar-refractivity contribution in [1.82, 2.24) is 5.32 Å². The number of hydrogen-bond donors (Lipinski definition) is 2. The number of ether oxygens (including phenoxy) is 1. The van der Waals surface area contributed by atoms with Gasteiger partial charge < -0.3 is 15.4 Å². The van der Waals surface area contributed by atoms with E-state index in [1.54, 1.807) is 31.2 Å². The fraction of sp³-hybridized carbons (Fsp3) is 0.357. The minimum Gasteiger partial charge on any atom is -0.462 e. The maximum atomic E-state index is 11.5. The lowest BCUT2D eigenvalue weighted by atomic mass is 10.2. The van der Waals surface area contributed by atoms with Gasteiger partial charge in [0.1, 0.15) is 0 Å². The molecular formula is C14H18N2O3S. The summed E-state index contributed by atoms with van der Waals surface area (Å²) in [5.74, 6) is -0.481. The average molecular weight is 294 g/mol. The molecule has 2 N–H and O–H groups in total. The van der Waals surface area contributed by atoms with Crippen molar-refractivity contribution in [3.05, 3.63) is 29.8 Å². The third kappa shape index (κ3) is 5.36. The van der Waals surface area contributed by atoms with Gasteiger partial charge in [-0.25, -0.2) is 4.79 Å². The van der Waals surface area contributed by atoms with Crippen molar-refractivity contribution >= 4 is 34.9 Å². The zero-order valence-corrected chi connectivity index (χ0v) is 12.4. The van der Waals surface area contributed by atoms with Crippen LogP contribution in [0, 0.1) is 0 Å². The zero-order chi connectivity index (χ0) is 15.0. The Morgan fingerprint density at radius 2 is 1.85 bits per heavy atom. The SMILES string of the molecule is CCCC(=O)NC(=S)Nc1ccc(C(=O)OCC)cc1. The number of amides is 1. The Hall–Kier alpha value is -1.95. The number of nitrogens with one attached hydrogen (secondary N) is 2. The average Bonchev–Trinajstić information content (AvgIpc) is 2.39. The molecule has 0 spiro atoms. The third-order valence-corrected chi connectivity index (χ3v) is 2.59. The van der Waals surface area contributed by atoms with Gasteiger partial charge in [0.25, 0.3) is 0 Å². The fourth-order valence-corrected chi connectivity index (χ4v) is 1.71. The Morgan fingerprint density at radius 3 is 2.40 bits per heavy atom. The molecule has 0 aliphatic heterocycles. The highest BCUT2D eigenvalue weighted by Gasteiger charge is 2.07. The maximum absolute atomic E-state index is 11.5. The fourth-order valence-electron chi connectivity index (χ4n) is 1.48. The van der Waals surface area contributed by atoms with Gasteiger partial charge in [0.2, 0.25) is 5.91 Å². The molecule has 0 radical (unpaired) electrons. The third-order valence-electron chi connectivity index (χ3n) is 2.38. The van der Waals surface area contributed by atoms with Gasteiger partial charge in [-0.1, -0.05) is 6.92 Å². The Morgan fingerprint density at radius 1 is 1.20 bits per heavy atom. The summed E-state index contributed by atoms with van der Waals surface area (Å²) < 4.78 is 4.89. The Labute approximate surface area is 123 Å². The molecule has 0 aliphatic rings.